The van der Waals surface area contributed by atoms with Gasteiger partial charge < -0.3 is 28.4 Å². The van der Waals surface area contributed by atoms with Crippen LogP contribution in [0.4, 0.5) is 0 Å². The minimum Gasteiger partial charge on any atom is -0.489 e. The summed E-state index contributed by atoms with van der Waals surface area (Å²) < 4.78 is 35.1. The van der Waals surface area contributed by atoms with Crippen molar-refractivity contribution in [3.05, 3.63) is 27.8 Å². The zero-order valence-corrected chi connectivity index (χ0v) is 16.3. The molecular formula is C19H19IO6. The molecule has 2 aromatic carbocycles. The molecule has 3 aliphatic rings. The Morgan fingerprint density at radius 2 is 1.15 bits per heavy atom. The van der Waals surface area contributed by atoms with Gasteiger partial charge in [0.05, 0.1) is 19.8 Å². The maximum absolute atomic E-state index is 6.12. The number of halogens is 1. The standard InChI is InChI=1S/C19H19IO6/c20-16-17(24-8-11-5-21-11)14-3-1-2-4-15(14)18(25-9-12-6-22-12)19(16)26-10-13-7-23-13/h1-4,11-13H,5-10H2. The Morgan fingerprint density at radius 1 is 0.731 bits per heavy atom. The van der Waals surface area contributed by atoms with E-state index in [9.17, 15) is 0 Å². The molecule has 0 radical (unpaired) electrons. The van der Waals surface area contributed by atoms with Gasteiger partial charge in [-0.1, -0.05) is 24.3 Å². The second-order valence-corrected chi connectivity index (χ2v) is 7.72. The molecule has 0 aliphatic carbocycles. The van der Waals surface area contributed by atoms with Crippen LogP contribution in [0.3, 0.4) is 0 Å². The van der Waals surface area contributed by atoms with Crippen molar-refractivity contribution in [2.24, 2.45) is 0 Å². The van der Waals surface area contributed by atoms with Crippen LogP contribution in [0.15, 0.2) is 24.3 Å². The van der Waals surface area contributed by atoms with Crippen molar-refractivity contribution in [2.75, 3.05) is 39.6 Å². The SMILES string of the molecule is Ic1c(OCC2CO2)c(OCC2CO2)c2ccccc2c1OCC1CO1. The van der Waals surface area contributed by atoms with Gasteiger partial charge in [-0.25, -0.2) is 0 Å². The van der Waals surface area contributed by atoms with Crippen LogP contribution in [0.1, 0.15) is 0 Å². The van der Waals surface area contributed by atoms with Gasteiger partial charge in [-0.05, 0) is 22.6 Å². The molecule has 7 heteroatoms. The number of hydrogen-bond acceptors (Lipinski definition) is 6. The molecule has 0 amide bonds. The molecule has 5 rings (SSSR count). The lowest BCUT2D eigenvalue weighted by molar-refractivity contribution is 0.225. The normalized spacial score (nSPS) is 25.8. The van der Waals surface area contributed by atoms with Crippen LogP contribution in [-0.2, 0) is 14.2 Å². The van der Waals surface area contributed by atoms with Gasteiger partial charge in [-0.3, -0.25) is 0 Å². The molecule has 0 spiro atoms. The molecule has 0 aromatic heterocycles. The summed E-state index contributed by atoms with van der Waals surface area (Å²) in [6, 6.07) is 8.09. The average molecular weight is 470 g/mol. The fraction of sp³-hybridized carbons (Fsp3) is 0.474. The van der Waals surface area contributed by atoms with Crippen LogP contribution in [0, 0.1) is 3.57 Å². The molecule has 3 unspecified atom stereocenters. The molecule has 3 atom stereocenters. The smallest absolute Gasteiger partial charge is 0.179 e. The first-order valence-corrected chi connectivity index (χ1v) is 9.85. The molecule has 138 valence electrons. The summed E-state index contributed by atoms with van der Waals surface area (Å²) in [6.07, 6.45) is 0.534. The van der Waals surface area contributed by atoms with Crippen molar-refractivity contribution in [3.63, 3.8) is 0 Å². The first kappa shape index (κ1) is 16.9. The van der Waals surface area contributed by atoms with Crippen LogP contribution >= 0.6 is 22.6 Å². The highest BCUT2D eigenvalue weighted by Crippen LogP contribution is 2.47. The second kappa shape index (κ2) is 7.03. The third-order valence-electron chi connectivity index (χ3n) is 4.47. The van der Waals surface area contributed by atoms with Crippen molar-refractivity contribution < 1.29 is 28.4 Å². The van der Waals surface area contributed by atoms with Gasteiger partial charge in [0.15, 0.2) is 11.5 Å². The quantitative estimate of drug-likeness (QED) is 0.415. The first-order chi connectivity index (χ1) is 12.8. The third kappa shape index (κ3) is 3.71. The summed E-state index contributed by atoms with van der Waals surface area (Å²) in [7, 11) is 0. The summed E-state index contributed by atoms with van der Waals surface area (Å²) in [5, 5.41) is 1.99. The summed E-state index contributed by atoms with van der Waals surface area (Å²) in [6.45, 7) is 3.84. The fourth-order valence-electron chi connectivity index (χ4n) is 2.76. The van der Waals surface area contributed by atoms with Crippen LogP contribution in [0.25, 0.3) is 10.8 Å². The second-order valence-electron chi connectivity index (χ2n) is 6.65. The van der Waals surface area contributed by atoms with Crippen molar-refractivity contribution in [1.29, 1.82) is 0 Å². The summed E-state index contributed by atoms with van der Waals surface area (Å²) in [5.74, 6) is 2.28. The molecular weight excluding hydrogens is 451 g/mol. The van der Waals surface area contributed by atoms with E-state index in [1.165, 1.54) is 0 Å². The highest BCUT2D eigenvalue weighted by Gasteiger charge is 2.30. The molecule has 26 heavy (non-hydrogen) atoms. The monoisotopic (exact) mass is 470 g/mol. The maximum Gasteiger partial charge on any atom is 0.179 e. The van der Waals surface area contributed by atoms with Crippen molar-refractivity contribution in [1.82, 2.24) is 0 Å². The molecule has 0 saturated carbocycles. The lowest BCUT2D eigenvalue weighted by atomic mass is 10.1. The molecule has 0 bridgehead atoms. The lowest BCUT2D eigenvalue weighted by Gasteiger charge is -2.20. The Labute approximate surface area is 164 Å². The van der Waals surface area contributed by atoms with Crippen LogP contribution in [0.2, 0.25) is 0 Å². The number of benzene rings is 2. The number of epoxide rings is 3. The van der Waals surface area contributed by atoms with Crippen LogP contribution < -0.4 is 14.2 Å². The fourth-order valence-corrected chi connectivity index (χ4v) is 3.60. The third-order valence-corrected chi connectivity index (χ3v) is 5.45. The van der Waals surface area contributed by atoms with Crippen molar-refractivity contribution in [3.8, 4) is 17.2 Å². The number of hydrogen-bond donors (Lipinski definition) is 0. The van der Waals surface area contributed by atoms with Gasteiger partial charge in [0.1, 0.15) is 47.5 Å². The van der Waals surface area contributed by atoms with Gasteiger partial charge in [-0.15, -0.1) is 0 Å². The Balaban J connectivity index is 1.54. The van der Waals surface area contributed by atoms with Crippen molar-refractivity contribution >= 4 is 33.4 Å². The van der Waals surface area contributed by atoms with E-state index in [0.29, 0.717) is 25.6 Å². The molecule has 3 fully saturated rings. The summed E-state index contributed by atoms with van der Waals surface area (Å²) >= 11 is 2.28. The lowest BCUT2D eigenvalue weighted by Crippen LogP contribution is -2.12. The Bertz CT molecular complexity index is 813. The molecule has 3 heterocycles. The molecule has 3 saturated heterocycles. The topological polar surface area (TPSA) is 65.3 Å². The van der Waals surface area contributed by atoms with E-state index in [0.717, 1.165) is 45.7 Å². The number of ether oxygens (including phenoxy) is 6. The minimum absolute atomic E-state index is 0.168. The predicted octanol–water partition coefficient (Wildman–Crippen LogP) is 2.78. The molecule has 0 N–H and O–H groups in total. The molecule has 6 nitrogen and oxygen atoms in total. The number of fused-ring (bicyclic) bond motifs is 1. The summed E-state index contributed by atoms with van der Waals surface area (Å²) in [5.41, 5.74) is 0. The first-order valence-electron chi connectivity index (χ1n) is 8.77. The van der Waals surface area contributed by atoms with Crippen LogP contribution in [0.5, 0.6) is 17.2 Å². The zero-order chi connectivity index (χ0) is 17.5. The van der Waals surface area contributed by atoms with E-state index in [4.69, 9.17) is 28.4 Å². The highest BCUT2D eigenvalue weighted by atomic mass is 127. The van der Waals surface area contributed by atoms with Gasteiger partial charge >= 0.3 is 0 Å². The van der Waals surface area contributed by atoms with E-state index < -0.39 is 0 Å². The van der Waals surface area contributed by atoms with E-state index in [1.807, 2.05) is 18.2 Å². The molecule has 3 aliphatic heterocycles. The van der Waals surface area contributed by atoms with Gasteiger partial charge in [0, 0.05) is 10.8 Å². The van der Waals surface area contributed by atoms with E-state index in [-0.39, 0.29) is 18.3 Å². The average Bonchev–Trinajstić information content (AvgIpc) is 3.51. The van der Waals surface area contributed by atoms with Crippen LogP contribution in [-0.4, -0.2) is 58.0 Å². The Morgan fingerprint density at radius 3 is 1.65 bits per heavy atom. The molecule has 2 aromatic rings. The van der Waals surface area contributed by atoms with Gasteiger partial charge in [-0.2, -0.15) is 0 Å². The Hall–Kier alpha value is -1.29. The Kier molecular flexibility index (Phi) is 4.56. The minimum atomic E-state index is 0.168. The highest BCUT2D eigenvalue weighted by molar-refractivity contribution is 14.1. The van der Waals surface area contributed by atoms with Gasteiger partial charge in [0.25, 0.3) is 0 Å². The zero-order valence-electron chi connectivity index (χ0n) is 14.1. The maximum atomic E-state index is 6.12. The van der Waals surface area contributed by atoms with E-state index in [1.54, 1.807) is 0 Å². The van der Waals surface area contributed by atoms with E-state index >= 15 is 0 Å². The number of rotatable bonds is 9. The van der Waals surface area contributed by atoms with Gasteiger partial charge in [0.2, 0.25) is 0 Å². The predicted molar refractivity (Wildman–Crippen MR) is 102 cm³/mol. The van der Waals surface area contributed by atoms with Crippen molar-refractivity contribution in [2.45, 2.75) is 18.3 Å². The van der Waals surface area contributed by atoms with E-state index in [2.05, 4.69) is 28.7 Å². The summed E-state index contributed by atoms with van der Waals surface area (Å²) in [4.78, 5) is 0. The largest absolute Gasteiger partial charge is 0.489 e.